The third-order valence-electron chi connectivity index (χ3n) is 2.11. The van der Waals surface area contributed by atoms with Crippen molar-refractivity contribution in [3.63, 3.8) is 0 Å². The molecule has 0 spiro atoms. The molecule has 17 heavy (non-hydrogen) atoms. The second kappa shape index (κ2) is 6.93. The fraction of sp³-hybridized carbons (Fsp3) is 0.455. The number of benzene rings is 1. The molecule has 0 aromatic heterocycles. The Labute approximate surface area is 98.3 Å². The Morgan fingerprint density at radius 1 is 1.41 bits per heavy atom. The molecule has 0 amide bonds. The summed E-state index contributed by atoms with van der Waals surface area (Å²) in [6.07, 6.45) is 0.756. The highest BCUT2D eigenvalue weighted by Gasteiger charge is 2.13. The zero-order valence-corrected chi connectivity index (χ0v) is 9.52. The quantitative estimate of drug-likeness (QED) is 0.418. The van der Waals surface area contributed by atoms with E-state index in [1.807, 2.05) is 0 Å². The summed E-state index contributed by atoms with van der Waals surface area (Å²) in [4.78, 5) is 9.63. The monoisotopic (exact) mass is 243 g/mol. The van der Waals surface area contributed by atoms with Crippen LogP contribution in [0.4, 0.5) is 10.1 Å². The van der Waals surface area contributed by atoms with E-state index in [0.717, 1.165) is 18.6 Å². The number of hydrogen-bond acceptors (Lipinski definition) is 4. The summed E-state index contributed by atoms with van der Waals surface area (Å²) in [5.74, 6) is -0.840. The summed E-state index contributed by atoms with van der Waals surface area (Å²) < 4.78 is 23.3. The molecule has 6 heteroatoms. The van der Waals surface area contributed by atoms with E-state index >= 15 is 0 Å². The van der Waals surface area contributed by atoms with Crippen LogP contribution in [0.25, 0.3) is 0 Å². The molecule has 0 aliphatic rings. The van der Waals surface area contributed by atoms with Crippen LogP contribution in [0.5, 0.6) is 0 Å². The molecule has 0 bridgehead atoms. The second-order valence-electron chi connectivity index (χ2n) is 3.44. The summed E-state index contributed by atoms with van der Waals surface area (Å²) in [5.41, 5.74) is 0.0543. The normalized spacial score (nSPS) is 10.5. The highest BCUT2D eigenvalue weighted by Crippen LogP contribution is 2.18. The van der Waals surface area contributed by atoms with Crippen molar-refractivity contribution in [1.29, 1.82) is 0 Å². The Bertz CT molecular complexity index is 384. The van der Waals surface area contributed by atoms with Gasteiger partial charge in [0, 0.05) is 26.4 Å². The topological polar surface area (TPSA) is 61.6 Å². The molecule has 94 valence electrons. The maximum Gasteiger partial charge on any atom is 0.304 e. The standard InChI is InChI=1S/C11H14FNO4/c1-16-5-2-6-17-8-9-3-4-11(13(14)15)10(12)7-9/h3-4,7H,2,5-6,8H2,1H3. The van der Waals surface area contributed by atoms with Crippen molar-refractivity contribution in [2.75, 3.05) is 20.3 Å². The molecule has 0 radical (unpaired) electrons. The lowest BCUT2D eigenvalue weighted by Crippen LogP contribution is -2.00. The number of nitro groups is 1. The zero-order valence-electron chi connectivity index (χ0n) is 9.52. The first-order valence-corrected chi connectivity index (χ1v) is 5.14. The van der Waals surface area contributed by atoms with Gasteiger partial charge in [0.25, 0.3) is 0 Å². The van der Waals surface area contributed by atoms with Crippen molar-refractivity contribution in [1.82, 2.24) is 0 Å². The summed E-state index contributed by atoms with van der Waals surface area (Å²) in [5, 5.41) is 10.4. The Kier molecular flexibility index (Phi) is 5.51. The fourth-order valence-electron chi connectivity index (χ4n) is 1.28. The molecule has 5 nitrogen and oxygen atoms in total. The zero-order chi connectivity index (χ0) is 12.7. The predicted octanol–water partition coefficient (Wildman–Crippen LogP) is 2.29. The van der Waals surface area contributed by atoms with Crippen molar-refractivity contribution in [2.24, 2.45) is 0 Å². The molecule has 1 aromatic carbocycles. The maximum atomic E-state index is 13.2. The lowest BCUT2D eigenvalue weighted by molar-refractivity contribution is -0.387. The lowest BCUT2D eigenvalue weighted by Gasteiger charge is -2.04. The minimum Gasteiger partial charge on any atom is -0.385 e. The van der Waals surface area contributed by atoms with Crippen LogP contribution >= 0.6 is 0 Å². The molecular weight excluding hydrogens is 229 g/mol. The molecule has 0 saturated heterocycles. The van der Waals surface area contributed by atoms with Crippen LogP contribution in [0, 0.1) is 15.9 Å². The van der Waals surface area contributed by atoms with Gasteiger partial charge in [-0.3, -0.25) is 10.1 Å². The number of methoxy groups -OCH3 is 1. The van der Waals surface area contributed by atoms with Gasteiger partial charge in [-0.15, -0.1) is 0 Å². The highest BCUT2D eigenvalue weighted by atomic mass is 19.1. The molecule has 0 saturated carbocycles. The highest BCUT2D eigenvalue weighted by molar-refractivity contribution is 5.34. The van der Waals surface area contributed by atoms with Crippen molar-refractivity contribution in [3.05, 3.63) is 39.7 Å². The SMILES string of the molecule is COCCCOCc1ccc([N+](=O)[O-])c(F)c1. The second-order valence-corrected chi connectivity index (χ2v) is 3.44. The molecule has 1 rings (SSSR count). The number of nitrogens with zero attached hydrogens (tertiary/aromatic N) is 1. The first kappa shape index (κ1) is 13.5. The summed E-state index contributed by atoms with van der Waals surface area (Å²) >= 11 is 0. The first-order valence-electron chi connectivity index (χ1n) is 5.14. The molecule has 1 aromatic rings. The van der Waals surface area contributed by atoms with E-state index in [4.69, 9.17) is 9.47 Å². The van der Waals surface area contributed by atoms with Crippen molar-refractivity contribution in [3.8, 4) is 0 Å². The van der Waals surface area contributed by atoms with Gasteiger partial charge in [-0.25, -0.2) is 0 Å². The molecule has 0 fully saturated rings. The largest absolute Gasteiger partial charge is 0.385 e. The summed E-state index contributed by atoms with van der Waals surface area (Å²) in [7, 11) is 1.60. The lowest BCUT2D eigenvalue weighted by atomic mass is 10.2. The Morgan fingerprint density at radius 2 is 2.18 bits per heavy atom. The van der Waals surface area contributed by atoms with E-state index in [0.29, 0.717) is 18.8 Å². The molecule has 0 unspecified atom stereocenters. The van der Waals surface area contributed by atoms with Gasteiger partial charge in [0.05, 0.1) is 11.5 Å². The van der Waals surface area contributed by atoms with Crippen LogP contribution < -0.4 is 0 Å². The first-order chi connectivity index (χ1) is 8.15. The van der Waals surface area contributed by atoms with E-state index < -0.39 is 16.4 Å². The average molecular weight is 243 g/mol. The van der Waals surface area contributed by atoms with Crippen LogP contribution in [0.1, 0.15) is 12.0 Å². The van der Waals surface area contributed by atoms with E-state index in [1.54, 1.807) is 7.11 Å². The molecular formula is C11H14FNO4. The minimum absolute atomic E-state index is 0.235. The van der Waals surface area contributed by atoms with Crippen LogP contribution in [0.15, 0.2) is 18.2 Å². The van der Waals surface area contributed by atoms with Gasteiger partial charge >= 0.3 is 5.69 Å². The number of hydrogen-bond donors (Lipinski definition) is 0. The van der Waals surface area contributed by atoms with Gasteiger partial charge in [-0.1, -0.05) is 0 Å². The smallest absolute Gasteiger partial charge is 0.304 e. The van der Waals surface area contributed by atoms with E-state index in [9.17, 15) is 14.5 Å². The third-order valence-corrected chi connectivity index (χ3v) is 2.11. The summed E-state index contributed by atoms with van der Waals surface area (Å²) in [6, 6.07) is 3.75. The molecule has 0 aliphatic heterocycles. The Morgan fingerprint density at radius 3 is 2.76 bits per heavy atom. The van der Waals surface area contributed by atoms with Crippen LogP contribution in [-0.2, 0) is 16.1 Å². The minimum atomic E-state index is -0.840. The number of nitro benzene ring substituents is 1. The van der Waals surface area contributed by atoms with E-state index in [2.05, 4.69) is 0 Å². The van der Waals surface area contributed by atoms with Gasteiger partial charge in [-0.05, 0) is 24.1 Å². The average Bonchev–Trinajstić information content (AvgIpc) is 2.28. The van der Waals surface area contributed by atoms with Gasteiger partial charge in [0.2, 0.25) is 5.82 Å². The Hall–Kier alpha value is -1.53. The van der Waals surface area contributed by atoms with Crippen LogP contribution in [-0.4, -0.2) is 25.2 Å². The van der Waals surface area contributed by atoms with E-state index in [-0.39, 0.29) is 6.61 Å². The van der Waals surface area contributed by atoms with Crippen LogP contribution in [0.3, 0.4) is 0 Å². The van der Waals surface area contributed by atoms with Crippen molar-refractivity contribution in [2.45, 2.75) is 13.0 Å². The number of ether oxygens (including phenoxy) is 2. The van der Waals surface area contributed by atoms with Gasteiger partial charge in [-0.2, -0.15) is 4.39 Å². The Balaban J connectivity index is 2.45. The van der Waals surface area contributed by atoms with Crippen molar-refractivity contribution < 1.29 is 18.8 Å². The van der Waals surface area contributed by atoms with Crippen molar-refractivity contribution >= 4 is 5.69 Å². The van der Waals surface area contributed by atoms with Crippen LogP contribution in [0.2, 0.25) is 0 Å². The maximum absolute atomic E-state index is 13.2. The predicted molar refractivity (Wildman–Crippen MR) is 59.2 cm³/mol. The van der Waals surface area contributed by atoms with Gasteiger partial charge < -0.3 is 9.47 Å². The number of halogens is 1. The molecule has 0 heterocycles. The van der Waals surface area contributed by atoms with E-state index in [1.165, 1.54) is 6.07 Å². The summed E-state index contributed by atoms with van der Waals surface area (Å²) in [6.45, 7) is 1.35. The number of rotatable bonds is 7. The molecule has 0 aliphatic carbocycles. The molecule has 0 N–H and O–H groups in total. The fourth-order valence-corrected chi connectivity index (χ4v) is 1.28. The molecule has 0 atom stereocenters. The van der Waals surface area contributed by atoms with Gasteiger partial charge in [0.1, 0.15) is 0 Å². The van der Waals surface area contributed by atoms with Gasteiger partial charge in [0.15, 0.2) is 0 Å². The third kappa shape index (κ3) is 4.46.